The van der Waals surface area contributed by atoms with E-state index in [1.165, 1.54) is 0 Å². The van der Waals surface area contributed by atoms with E-state index in [1.54, 1.807) is 12.4 Å². The van der Waals surface area contributed by atoms with Crippen molar-refractivity contribution in [1.82, 2.24) is 20.2 Å². The van der Waals surface area contributed by atoms with Crippen LogP contribution in [0.25, 0.3) is 0 Å². The number of aromatic nitrogens is 2. The van der Waals surface area contributed by atoms with Gasteiger partial charge in [-0.2, -0.15) is 5.26 Å². The van der Waals surface area contributed by atoms with Crippen molar-refractivity contribution in [1.29, 1.82) is 5.26 Å². The molecule has 3 aliphatic heterocycles. The van der Waals surface area contributed by atoms with E-state index in [1.807, 2.05) is 11.8 Å². The first-order valence-corrected chi connectivity index (χ1v) is 8.67. The summed E-state index contributed by atoms with van der Waals surface area (Å²) in [5.74, 6) is 0.955. The zero-order valence-electron chi connectivity index (χ0n) is 13.9. The van der Waals surface area contributed by atoms with E-state index in [-0.39, 0.29) is 23.9 Å². The molecule has 3 saturated heterocycles. The molecular formula is C17H22N6O. The molecule has 3 fully saturated rings. The Balaban J connectivity index is 1.36. The van der Waals surface area contributed by atoms with Crippen molar-refractivity contribution in [3.05, 3.63) is 18.1 Å². The van der Waals surface area contributed by atoms with Crippen LogP contribution in [-0.2, 0) is 4.79 Å². The normalized spacial score (nSPS) is 31.3. The summed E-state index contributed by atoms with van der Waals surface area (Å²) in [6.07, 6.45) is 9.62. The zero-order chi connectivity index (χ0) is 16.7. The Kier molecular flexibility index (Phi) is 3.75. The van der Waals surface area contributed by atoms with E-state index in [0.29, 0.717) is 12.6 Å². The summed E-state index contributed by atoms with van der Waals surface area (Å²) in [5.41, 5.74) is 0.888. The van der Waals surface area contributed by atoms with Gasteiger partial charge in [0.15, 0.2) is 6.19 Å². The van der Waals surface area contributed by atoms with Gasteiger partial charge in [0.25, 0.3) is 0 Å². The first kappa shape index (κ1) is 15.2. The smallest absolute Gasteiger partial charge is 0.225 e. The molecule has 0 spiro atoms. The molecule has 1 N–H and O–H groups in total. The summed E-state index contributed by atoms with van der Waals surface area (Å²) in [4.78, 5) is 25.3. The molecule has 2 bridgehead atoms. The summed E-state index contributed by atoms with van der Waals surface area (Å²) in [6.45, 7) is 3.44. The number of hydrogen-bond acceptors (Lipinski definition) is 6. The molecule has 24 heavy (non-hydrogen) atoms. The van der Waals surface area contributed by atoms with Crippen LogP contribution in [0.15, 0.2) is 12.4 Å². The molecule has 4 rings (SSSR count). The Morgan fingerprint density at radius 2 is 2.25 bits per heavy atom. The highest BCUT2D eigenvalue weighted by Gasteiger charge is 2.47. The minimum Gasteiger partial charge on any atom is -0.355 e. The number of carbonyl (C=O) groups is 1. The van der Waals surface area contributed by atoms with Gasteiger partial charge in [0.1, 0.15) is 5.82 Å². The first-order chi connectivity index (χ1) is 11.7. The standard InChI is InChI=1S/C17H22N6O/c1-11-7-19-8-16(20-11)22-5-4-12(9-22)17(24)21-14-6-13-2-3-15(14)23(13)10-18/h7-8,12-15H,2-6,9H2,1H3,(H,21,24)/t12?,13-,14+,15+/m0/s1. The van der Waals surface area contributed by atoms with Crippen LogP contribution in [-0.4, -0.2) is 52.0 Å². The van der Waals surface area contributed by atoms with Gasteiger partial charge in [-0.05, 0) is 32.6 Å². The number of hydrogen-bond donors (Lipinski definition) is 1. The molecule has 7 heteroatoms. The van der Waals surface area contributed by atoms with E-state index in [9.17, 15) is 10.1 Å². The monoisotopic (exact) mass is 326 g/mol. The molecule has 0 radical (unpaired) electrons. The van der Waals surface area contributed by atoms with Gasteiger partial charge in [-0.25, -0.2) is 4.98 Å². The zero-order valence-corrected chi connectivity index (χ0v) is 13.9. The Morgan fingerprint density at radius 1 is 1.38 bits per heavy atom. The van der Waals surface area contributed by atoms with Crippen LogP contribution in [0.1, 0.15) is 31.4 Å². The van der Waals surface area contributed by atoms with Crippen molar-refractivity contribution >= 4 is 11.7 Å². The lowest BCUT2D eigenvalue weighted by Gasteiger charge is -2.23. The lowest BCUT2D eigenvalue weighted by atomic mass is 9.95. The van der Waals surface area contributed by atoms with E-state index in [0.717, 1.165) is 43.7 Å². The van der Waals surface area contributed by atoms with Crippen LogP contribution in [0.5, 0.6) is 0 Å². The van der Waals surface area contributed by atoms with Crippen molar-refractivity contribution in [3.63, 3.8) is 0 Å². The number of nitrogens with one attached hydrogen (secondary N) is 1. The molecule has 7 nitrogen and oxygen atoms in total. The van der Waals surface area contributed by atoms with Gasteiger partial charge in [0.2, 0.25) is 5.91 Å². The van der Waals surface area contributed by atoms with E-state index < -0.39 is 0 Å². The molecule has 1 aromatic heterocycles. The Morgan fingerprint density at radius 3 is 3.00 bits per heavy atom. The maximum atomic E-state index is 12.6. The predicted molar refractivity (Wildman–Crippen MR) is 87.9 cm³/mol. The van der Waals surface area contributed by atoms with E-state index in [4.69, 9.17) is 0 Å². The van der Waals surface area contributed by atoms with Gasteiger partial charge in [-0.15, -0.1) is 0 Å². The van der Waals surface area contributed by atoms with Gasteiger partial charge < -0.3 is 15.1 Å². The molecule has 1 aromatic rings. The molecule has 0 aliphatic carbocycles. The second kappa shape index (κ2) is 5.93. The van der Waals surface area contributed by atoms with Gasteiger partial charge in [-0.3, -0.25) is 9.78 Å². The van der Waals surface area contributed by atoms with Gasteiger partial charge in [0.05, 0.1) is 29.9 Å². The number of amides is 1. The average Bonchev–Trinajstić information content (AvgIpc) is 3.28. The number of rotatable bonds is 3. The lowest BCUT2D eigenvalue weighted by molar-refractivity contribution is -0.125. The number of nitriles is 1. The second-order valence-electron chi connectivity index (χ2n) is 7.11. The van der Waals surface area contributed by atoms with Crippen LogP contribution < -0.4 is 10.2 Å². The van der Waals surface area contributed by atoms with Gasteiger partial charge in [-0.1, -0.05) is 0 Å². The van der Waals surface area contributed by atoms with Gasteiger partial charge in [0, 0.05) is 25.3 Å². The fourth-order valence-electron chi connectivity index (χ4n) is 4.39. The minimum absolute atomic E-state index is 0.0121. The van der Waals surface area contributed by atoms with Crippen LogP contribution in [0, 0.1) is 24.3 Å². The maximum absolute atomic E-state index is 12.6. The summed E-state index contributed by atoms with van der Waals surface area (Å²) >= 11 is 0. The summed E-state index contributed by atoms with van der Waals surface area (Å²) in [5, 5.41) is 12.4. The molecule has 1 amide bonds. The largest absolute Gasteiger partial charge is 0.355 e. The Hall–Kier alpha value is -2.36. The maximum Gasteiger partial charge on any atom is 0.225 e. The number of nitrogens with zero attached hydrogens (tertiary/aromatic N) is 5. The first-order valence-electron chi connectivity index (χ1n) is 8.67. The van der Waals surface area contributed by atoms with Gasteiger partial charge >= 0.3 is 0 Å². The fourth-order valence-corrected chi connectivity index (χ4v) is 4.39. The van der Waals surface area contributed by atoms with Crippen LogP contribution >= 0.6 is 0 Å². The number of aryl methyl sites for hydroxylation is 1. The lowest BCUT2D eigenvalue weighted by Crippen LogP contribution is -2.46. The molecule has 3 aliphatic rings. The molecule has 4 atom stereocenters. The second-order valence-corrected chi connectivity index (χ2v) is 7.11. The highest BCUT2D eigenvalue weighted by atomic mass is 16.2. The Bertz CT molecular complexity index is 686. The third-order valence-electron chi connectivity index (χ3n) is 5.61. The fraction of sp³-hybridized carbons (Fsp3) is 0.647. The minimum atomic E-state index is -0.0121. The topological polar surface area (TPSA) is 85.2 Å². The number of anilines is 1. The van der Waals surface area contributed by atoms with Crippen molar-refractivity contribution in [2.24, 2.45) is 5.92 Å². The molecular weight excluding hydrogens is 304 g/mol. The SMILES string of the molecule is Cc1cncc(N2CCC(C(=O)N[C@@H]3C[C@@H]4CC[C@H]3N4C#N)C2)n1. The quantitative estimate of drug-likeness (QED) is 0.828. The molecule has 126 valence electrons. The van der Waals surface area contributed by atoms with Crippen molar-refractivity contribution in [3.8, 4) is 6.19 Å². The molecule has 4 heterocycles. The molecule has 0 saturated carbocycles. The highest BCUT2D eigenvalue weighted by Crippen LogP contribution is 2.37. The number of fused-ring (bicyclic) bond motifs is 2. The summed E-state index contributed by atoms with van der Waals surface area (Å²) < 4.78 is 0. The Labute approximate surface area is 141 Å². The summed E-state index contributed by atoms with van der Waals surface area (Å²) in [7, 11) is 0. The van der Waals surface area contributed by atoms with E-state index in [2.05, 4.69) is 26.4 Å². The van der Waals surface area contributed by atoms with Crippen molar-refractivity contribution in [2.45, 2.75) is 50.7 Å². The van der Waals surface area contributed by atoms with Crippen molar-refractivity contribution < 1.29 is 4.79 Å². The van der Waals surface area contributed by atoms with Crippen molar-refractivity contribution in [2.75, 3.05) is 18.0 Å². The third kappa shape index (κ3) is 2.56. The highest BCUT2D eigenvalue weighted by molar-refractivity contribution is 5.80. The third-order valence-corrected chi connectivity index (χ3v) is 5.61. The molecule has 0 aromatic carbocycles. The van der Waals surface area contributed by atoms with Crippen LogP contribution in [0.4, 0.5) is 5.82 Å². The van der Waals surface area contributed by atoms with Crippen LogP contribution in [0.3, 0.4) is 0 Å². The van der Waals surface area contributed by atoms with E-state index >= 15 is 0 Å². The molecule has 1 unspecified atom stereocenters. The predicted octanol–water partition coefficient (Wildman–Crippen LogP) is 0.814. The average molecular weight is 326 g/mol. The summed E-state index contributed by atoms with van der Waals surface area (Å²) in [6, 6.07) is 0.653. The van der Waals surface area contributed by atoms with Crippen LogP contribution in [0.2, 0.25) is 0 Å². The number of carbonyl (C=O) groups excluding carboxylic acids is 1.